The van der Waals surface area contributed by atoms with Crippen LogP contribution in [0.1, 0.15) is 5.69 Å². The standard InChI is InChI=1S/C9H7N3O2/c13-8-3-1-2-7-9(8)12-6(4-10-7)5-11-14/h1-4,13H,5H2. The van der Waals surface area contributed by atoms with Gasteiger partial charge in [-0.3, -0.25) is 4.98 Å². The summed E-state index contributed by atoms with van der Waals surface area (Å²) in [4.78, 5) is 18.1. The van der Waals surface area contributed by atoms with E-state index in [1.807, 2.05) is 0 Å². The predicted molar refractivity (Wildman–Crippen MR) is 50.7 cm³/mol. The largest absolute Gasteiger partial charge is 0.506 e. The first-order valence-corrected chi connectivity index (χ1v) is 4.04. The van der Waals surface area contributed by atoms with Crippen LogP contribution in [0.5, 0.6) is 5.75 Å². The molecule has 0 saturated heterocycles. The van der Waals surface area contributed by atoms with E-state index in [1.54, 1.807) is 12.1 Å². The number of hydrogen-bond acceptors (Lipinski definition) is 5. The predicted octanol–water partition coefficient (Wildman–Crippen LogP) is 1.60. The Labute approximate surface area is 79.4 Å². The van der Waals surface area contributed by atoms with Crippen LogP contribution in [0.4, 0.5) is 0 Å². The number of fused-ring (bicyclic) bond motifs is 1. The molecule has 0 atom stereocenters. The molecule has 2 rings (SSSR count). The third-order valence-electron chi connectivity index (χ3n) is 1.83. The van der Waals surface area contributed by atoms with E-state index in [1.165, 1.54) is 12.3 Å². The second-order valence-electron chi connectivity index (χ2n) is 2.79. The zero-order chi connectivity index (χ0) is 9.97. The number of phenolic OH excluding ortho intramolecular Hbond substituents is 1. The van der Waals surface area contributed by atoms with Crippen LogP contribution in [0.2, 0.25) is 0 Å². The third kappa shape index (κ3) is 1.39. The molecule has 1 aromatic heterocycles. The summed E-state index contributed by atoms with van der Waals surface area (Å²) in [6.07, 6.45) is 1.48. The normalized spacial score (nSPS) is 10.3. The van der Waals surface area contributed by atoms with Gasteiger partial charge in [-0.05, 0) is 12.1 Å². The van der Waals surface area contributed by atoms with Crippen molar-refractivity contribution in [3.05, 3.63) is 35.0 Å². The van der Waals surface area contributed by atoms with Crippen molar-refractivity contribution in [2.24, 2.45) is 5.18 Å². The van der Waals surface area contributed by atoms with E-state index < -0.39 is 0 Å². The lowest BCUT2D eigenvalue weighted by Gasteiger charge is -2.00. The second kappa shape index (κ2) is 3.37. The summed E-state index contributed by atoms with van der Waals surface area (Å²) in [5, 5.41) is 12.2. The van der Waals surface area contributed by atoms with Gasteiger partial charge in [0.1, 0.15) is 17.8 Å². The van der Waals surface area contributed by atoms with Crippen molar-refractivity contribution in [2.75, 3.05) is 0 Å². The Morgan fingerprint density at radius 3 is 3.07 bits per heavy atom. The summed E-state index contributed by atoms with van der Waals surface area (Å²) in [5.41, 5.74) is 1.45. The molecule has 1 N–H and O–H groups in total. The Morgan fingerprint density at radius 1 is 1.43 bits per heavy atom. The Balaban J connectivity index is 2.63. The van der Waals surface area contributed by atoms with Gasteiger partial charge in [0.2, 0.25) is 0 Å². The van der Waals surface area contributed by atoms with Crippen LogP contribution in [-0.2, 0) is 6.54 Å². The van der Waals surface area contributed by atoms with Gasteiger partial charge < -0.3 is 5.11 Å². The zero-order valence-corrected chi connectivity index (χ0v) is 7.21. The maximum atomic E-state index is 10.0. The molecule has 70 valence electrons. The van der Waals surface area contributed by atoms with E-state index in [-0.39, 0.29) is 12.3 Å². The molecule has 1 heterocycles. The first kappa shape index (κ1) is 8.55. The Kier molecular flexibility index (Phi) is 2.06. The summed E-state index contributed by atoms with van der Waals surface area (Å²) < 4.78 is 0. The number of hydrogen-bond donors (Lipinski definition) is 1. The van der Waals surface area contributed by atoms with Gasteiger partial charge >= 0.3 is 0 Å². The highest BCUT2D eigenvalue weighted by Crippen LogP contribution is 2.20. The van der Waals surface area contributed by atoms with Gasteiger partial charge in [0, 0.05) is 0 Å². The average Bonchev–Trinajstić information content (AvgIpc) is 2.20. The van der Waals surface area contributed by atoms with Crippen molar-refractivity contribution in [3.63, 3.8) is 0 Å². The molecule has 1 aromatic carbocycles. The maximum absolute atomic E-state index is 10.0. The van der Waals surface area contributed by atoms with Crippen molar-refractivity contribution >= 4 is 11.0 Å². The molecule has 0 fully saturated rings. The molecular formula is C9H7N3O2. The number of aromatic hydroxyl groups is 1. The van der Waals surface area contributed by atoms with Crippen molar-refractivity contribution < 1.29 is 5.11 Å². The minimum atomic E-state index is -0.0305. The van der Waals surface area contributed by atoms with Crippen LogP contribution >= 0.6 is 0 Å². The van der Waals surface area contributed by atoms with E-state index >= 15 is 0 Å². The van der Waals surface area contributed by atoms with Crippen molar-refractivity contribution in [2.45, 2.75) is 6.54 Å². The molecule has 0 aliphatic heterocycles. The van der Waals surface area contributed by atoms with Crippen LogP contribution in [0.25, 0.3) is 11.0 Å². The molecule has 14 heavy (non-hydrogen) atoms. The molecule has 0 radical (unpaired) electrons. The summed E-state index contributed by atoms with van der Waals surface area (Å²) >= 11 is 0. The summed E-state index contributed by atoms with van der Waals surface area (Å²) in [6.45, 7) is -0.0305. The quantitative estimate of drug-likeness (QED) is 0.728. The fraction of sp³-hybridized carbons (Fsp3) is 0.111. The lowest BCUT2D eigenvalue weighted by molar-refractivity contribution is 0.480. The fourth-order valence-electron chi connectivity index (χ4n) is 1.20. The Bertz CT molecular complexity index is 484. The van der Waals surface area contributed by atoms with Crippen LogP contribution in [-0.4, -0.2) is 15.1 Å². The van der Waals surface area contributed by atoms with E-state index in [4.69, 9.17) is 0 Å². The number of para-hydroxylation sites is 1. The molecule has 0 amide bonds. The van der Waals surface area contributed by atoms with Gasteiger partial charge in [-0.25, -0.2) is 4.98 Å². The molecule has 0 bridgehead atoms. The van der Waals surface area contributed by atoms with Crippen LogP contribution in [0.15, 0.2) is 29.6 Å². The molecule has 5 heteroatoms. The van der Waals surface area contributed by atoms with Crippen molar-refractivity contribution in [3.8, 4) is 5.75 Å². The minimum Gasteiger partial charge on any atom is -0.506 e. The van der Waals surface area contributed by atoms with Gasteiger partial charge in [-0.15, -0.1) is 0 Å². The number of rotatable bonds is 2. The molecule has 5 nitrogen and oxygen atoms in total. The lowest BCUT2D eigenvalue weighted by Crippen LogP contribution is -1.91. The lowest BCUT2D eigenvalue weighted by atomic mass is 10.2. The third-order valence-corrected chi connectivity index (χ3v) is 1.83. The molecule has 0 aliphatic carbocycles. The Hall–Kier alpha value is -2.04. The molecule has 0 unspecified atom stereocenters. The molecule has 2 aromatic rings. The average molecular weight is 189 g/mol. The zero-order valence-electron chi connectivity index (χ0n) is 7.21. The Morgan fingerprint density at radius 2 is 2.29 bits per heavy atom. The summed E-state index contributed by atoms with van der Waals surface area (Å²) in [6, 6.07) is 4.94. The molecule has 0 saturated carbocycles. The number of nitroso groups, excluding NO2 is 1. The number of aromatic nitrogens is 2. The fourth-order valence-corrected chi connectivity index (χ4v) is 1.20. The number of nitrogens with zero attached hydrogens (tertiary/aromatic N) is 3. The van der Waals surface area contributed by atoms with Gasteiger partial charge in [0.25, 0.3) is 0 Å². The first-order chi connectivity index (χ1) is 6.81. The van der Waals surface area contributed by atoms with Crippen LogP contribution < -0.4 is 0 Å². The van der Waals surface area contributed by atoms with Gasteiger partial charge in [0.05, 0.1) is 17.4 Å². The van der Waals surface area contributed by atoms with Gasteiger partial charge in [-0.1, -0.05) is 11.2 Å². The monoisotopic (exact) mass is 189 g/mol. The topological polar surface area (TPSA) is 75.4 Å². The smallest absolute Gasteiger partial charge is 0.143 e. The van der Waals surface area contributed by atoms with Gasteiger partial charge in [0.15, 0.2) is 0 Å². The minimum absolute atomic E-state index is 0.0305. The van der Waals surface area contributed by atoms with E-state index in [2.05, 4.69) is 15.1 Å². The highest BCUT2D eigenvalue weighted by molar-refractivity contribution is 5.80. The first-order valence-electron chi connectivity index (χ1n) is 4.04. The summed E-state index contributed by atoms with van der Waals surface area (Å²) in [7, 11) is 0. The number of phenols is 1. The van der Waals surface area contributed by atoms with Crippen molar-refractivity contribution in [1.29, 1.82) is 0 Å². The van der Waals surface area contributed by atoms with E-state index in [0.717, 1.165) is 0 Å². The molecule has 0 spiro atoms. The van der Waals surface area contributed by atoms with Crippen molar-refractivity contribution in [1.82, 2.24) is 9.97 Å². The van der Waals surface area contributed by atoms with E-state index in [9.17, 15) is 10.0 Å². The summed E-state index contributed by atoms with van der Waals surface area (Å²) in [5.74, 6) is 0.0581. The van der Waals surface area contributed by atoms with Crippen LogP contribution in [0.3, 0.4) is 0 Å². The van der Waals surface area contributed by atoms with Crippen LogP contribution in [0, 0.1) is 4.91 Å². The second-order valence-corrected chi connectivity index (χ2v) is 2.79. The molecular weight excluding hydrogens is 182 g/mol. The van der Waals surface area contributed by atoms with E-state index in [0.29, 0.717) is 16.7 Å². The molecule has 0 aliphatic rings. The SMILES string of the molecule is O=NCc1cnc2cccc(O)c2n1. The highest BCUT2D eigenvalue weighted by atomic mass is 16.3. The highest BCUT2D eigenvalue weighted by Gasteiger charge is 2.03. The van der Waals surface area contributed by atoms with Gasteiger partial charge in [-0.2, -0.15) is 4.91 Å². The maximum Gasteiger partial charge on any atom is 0.143 e. The number of benzene rings is 1.